The van der Waals surface area contributed by atoms with Crippen LogP contribution in [0.3, 0.4) is 0 Å². The van der Waals surface area contributed by atoms with Crippen LogP contribution in [-0.2, 0) is 28.6 Å². The third kappa shape index (κ3) is 6.30. The lowest BCUT2D eigenvalue weighted by atomic mass is 9.86. The molecule has 7 nitrogen and oxygen atoms in total. The molecule has 0 bridgehead atoms. The van der Waals surface area contributed by atoms with Crippen molar-refractivity contribution in [2.24, 2.45) is 5.92 Å². The minimum atomic E-state index is -3.48. The number of benzene rings is 2. The van der Waals surface area contributed by atoms with Crippen LogP contribution in [0.4, 0.5) is 10.5 Å². The van der Waals surface area contributed by atoms with Gasteiger partial charge in [-0.2, -0.15) is 0 Å². The van der Waals surface area contributed by atoms with Crippen molar-refractivity contribution in [1.29, 1.82) is 0 Å². The van der Waals surface area contributed by atoms with Gasteiger partial charge in [-0.05, 0) is 73.4 Å². The molecule has 2 aromatic rings. The first-order valence-corrected chi connectivity index (χ1v) is 13.9. The van der Waals surface area contributed by atoms with E-state index in [4.69, 9.17) is 0 Å². The maximum atomic E-state index is 12.7. The largest absolute Gasteiger partial charge is 0.465 e. The zero-order valence-corrected chi connectivity index (χ0v) is 20.6. The second-order valence-electron chi connectivity index (χ2n) is 9.53. The Morgan fingerprint density at radius 1 is 1.09 bits per heavy atom. The Morgan fingerprint density at radius 3 is 2.50 bits per heavy atom. The summed E-state index contributed by atoms with van der Waals surface area (Å²) in [6, 6.07) is 15.6. The van der Waals surface area contributed by atoms with Crippen LogP contribution in [0, 0.1) is 5.92 Å². The number of carboxylic acid groups (broad SMARTS) is 1. The highest BCUT2D eigenvalue weighted by molar-refractivity contribution is 7.91. The number of rotatable bonds is 8. The summed E-state index contributed by atoms with van der Waals surface area (Å²) in [5, 5.41) is 9.19. The molecular formula is C26H35N3O4S. The van der Waals surface area contributed by atoms with E-state index in [1.165, 1.54) is 16.0 Å². The monoisotopic (exact) mass is 485 g/mol. The van der Waals surface area contributed by atoms with Gasteiger partial charge in [-0.25, -0.2) is 13.2 Å². The van der Waals surface area contributed by atoms with Crippen molar-refractivity contribution in [3.63, 3.8) is 0 Å². The average Bonchev–Trinajstić information content (AvgIpc) is 2.82. The number of aryl methyl sites for hydroxylation is 1. The first-order valence-electron chi connectivity index (χ1n) is 12.2. The Balaban J connectivity index is 1.38. The minimum Gasteiger partial charge on any atom is -0.465 e. The highest BCUT2D eigenvalue weighted by atomic mass is 32.2. The highest BCUT2D eigenvalue weighted by Crippen LogP contribution is 2.29. The zero-order valence-electron chi connectivity index (χ0n) is 19.8. The quantitative estimate of drug-likeness (QED) is 0.585. The van der Waals surface area contributed by atoms with Gasteiger partial charge in [0.2, 0.25) is 10.0 Å². The lowest BCUT2D eigenvalue weighted by molar-refractivity contribution is 0.101. The van der Waals surface area contributed by atoms with Crippen LogP contribution in [0.5, 0.6) is 0 Å². The summed E-state index contributed by atoms with van der Waals surface area (Å²) in [6.45, 7) is 5.39. The summed E-state index contributed by atoms with van der Waals surface area (Å²) in [6.07, 6.45) is 4.01. The molecule has 1 saturated heterocycles. The lowest BCUT2D eigenvalue weighted by Crippen LogP contribution is -2.45. The highest BCUT2D eigenvalue weighted by Gasteiger charge is 2.28. The van der Waals surface area contributed by atoms with Gasteiger partial charge in [-0.15, -0.1) is 0 Å². The molecule has 1 fully saturated rings. The number of hydrogen-bond donors (Lipinski definition) is 2. The number of hydrogen-bond acceptors (Lipinski definition) is 4. The zero-order chi connectivity index (χ0) is 24.1. The lowest BCUT2D eigenvalue weighted by Gasteiger charge is -2.39. The molecule has 184 valence electrons. The number of carbonyl (C=O) groups is 1. The van der Waals surface area contributed by atoms with E-state index >= 15 is 0 Å². The maximum Gasteiger partial charge on any atom is 0.407 e. The fourth-order valence-corrected chi connectivity index (χ4v) is 6.49. The minimum absolute atomic E-state index is 0.0438. The third-order valence-electron chi connectivity index (χ3n) is 7.18. The van der Waals surface area contributed by atoms with Gasteiger partial charge in [0.05, 0.1) is 5.75 Å². The molecule has 2 aromatic carbocycles. The molecule has 1 heterocycles. The predicted molar refractivity (Wildman–Crippen MR) is 135 cm³/mol. The van der Waals surface area contributed by atoms with E-state index in [2.05, 4.69) is 22.6 Å². The summed E-state index contributed by atoms with van der Waals surface area (Å²) in [4.78, 5) is 15.2. The normalized spacial score (nSPS) is 19.1. The molecule has 2 aliphatic rings. The Kier molecular flexibility index (Phi) is 7.78. The number of sulfonamides is 1. The fraction of sp³-hybridized carbons (Fsp3) is 0.500. The van der Waals surface area contributed by atoms with Crippen LogP contribution in [0.2, 0.25) is 0 Å². The molecule has 4 rings (SSSR count). The van der Waals surface area contributed by atoms with Crippen LogP contribution in [0.1, 0.15) is 42.9 Å². The van der Waals surface area contributed by atoms with Crippen molar-refractivity contribution in [3.05, 3.63) is 65.2 Å². The first-order chi connectivity index (χ1) is 16.3. The number of likely N-dealkylation sites (tertiary alicyclic amines) is 1. The van der Waals surface area contributed by atoms with Gasteiger partial charge in [0, 0.05) is 31.4 Å². The molecule has 8 heteroatoms. The van der Waals surface area contributed by atoms with Crippen LogP contribution in [0.15, 0.2) is 48.5 Å². The van der Waals surface area contributed by atoms with Crippen molar-refractivity contribution < 1.29 is 18.3 Å². The molecule has 1 atom stereocenters. The molecule has 1 unspecified atom stereocenters. The molecular weight excluding hydrogens is 450 g/mol. The molecule has 34 heavy (non-hydrogen) atoms. The Morgan fingerprint density at radius 2 is 1.82 bits per heavy atom. The van der Waals surface area contributed by atoms with E-state index in [0.29, 0.717) is 30.7 Å². The van der Waals surface area contributed by atoms with E-state index in [0.717, 1.165) is 50.8 Å². The van der Waals surface area contributed by atoms with Gasteiger partial charge < -0.3 is 14.9 Å². The van der Waals surface area contributed by atoms with Crippen LogP contribution in [0.25, 0.3) is 0 Å². The van der Waals surface area contributed by atoms with Gasteiger partial charge in [-0.1, -0.05) is 43.3 Å². The van der Waals surface area contributed by atoms with E-state index in [9.17, 15) is 18.3 Å². The topological polar surface area (TPSA) is 89.9 Å². The number of piperidine rings is 1. The average molecular weight is 486 g/mol. The van der Waals surface area contributed by atoms with Crippen molar-refractivity contribution in [2.45, 2.75) is 50.8 Å². The van der Waals surface area contributed by atoms with E-state index in [1.807, 2.05) is 42.5 Å². The molecule has 0 aromatic heterocycles. The number of fused-ring (bicyclic) bond motifs is 1. The fourth-order valence-electron chi connectivity index (χ4n) is 5.30. The second kappa shape index (κ2) is 10.8. The number of nitrogens with zero attached hydrogens (tertiary/aromatic N) is 2. The summed E-state index contributed by atoms with van der Waals surface area (Å²) < 4.78 is 28.1. The number of likely N-dealkylation sites (N-methyl/N-ethyl adjacent to an activating group) is 1. The van der Waals surface area contributed by atoms with Crippen molar-refractivity contribution >= 4 is 21.8 Å². The smallest absolute Gasteiger partial charge is 0.407 e. The van der Waals surface area contributed by atoms with Gasteiger partial charge in [0.1, 0.15) is 0 Å². The van der Waals surface area contributed by atoms with E-state index in [1.54, 1.807) is 0 Å². The van der Waals surface area contributed by atoms with E-state index in [-0.39, 0.29) is 5.75 Å². The standard InChI is InChI=1S/C26H35N3O4S/c1-2-28(18-20-12-14-29(15-13-20)26(30)31)25-11-9-22-8-10-24(16-23(22)17-25)27-34(32,33)19-21-6-4-3-5-7-21/h3-8,10,16,20,25,27H,2,9,11-15,17-19H2,1H3,(H,30,31). The summed E-state index contributed by atoms with van der Waals surface area (Å²) in [5.41, 5.74) is 3.91. The van der Waals surface area contributed by atoms with Gasteiger partial charge in [-0.3, -0.25) is 4.72 Å². The Hall–Kier alpha value is -2.58. The molecule has 1 aliphatic carbocycles. The third-order valence-corrected chi connectivity index (χ3v) is 8.44. The van der Waals surface area contributed by atoms with Gasteiger partial charge in [0.15, 0.2) is 0 Å². The summed E-state index contributed by atoms with van der Waals surface area (Å²) in [5.74, 6) is 0.478. The summed E-state index contributed by atoms with van der Waals surface area (Å²) >= 11 is 0. The number of nitrogens with one attached hydrogen (secondary N) is 1. The van der Waals surface area contributed by atoms with Gasteiger partial charge >= 0.3 is 6.09 Å². The molecule has 0 radical (unpaired) electrons. The Labute approximate surface area is 202 Å². The van der Waals surface area contributed by atoms with Crippen molar-refractivity contribution in [1.82, 2.24) is 9.80 Å². The predicted octanol–water partition coefficient (Wildman–Crippen LogP) is 4.20. The second-order valence-corrected chi connectivity index (χ2v) is 11.2. The van der Waals surface area contributed by atoms with Crippen molar-refractivity contribution in [3.8, 4) is 0 Å². The van der Waals surface area contributed by atoms with Crippen molar-refractivity contribution in [2.75, 3.05) is 30.9 Å². The van der Waals surface area contributed by atoms with Crippen LogP contribution < -0.4 is 4.72 Å². The Bertz CT molecular complexity index is 1080. The van der Waals surface area contributed by atoms with Gasteiger partial charge in [0.25, 0.3) is 0 Å². The number of amides is 1. The number of anilines is 1. The molecule has 1 aliphatic heterocycles. The molecule has 1 amide bonds. The van der Waals surface area contributed by atoms with Crippen LogP contribution >= 0.6 is 0 Å². The molecule has 0 spiro atoms. The van der Waals surface area contributed by atoms with Crippen LogP contribution in [-0.4, -0.2) is 61.6 Å². The SMILES string of the molecule is CCN(CC1CCN(C(=O)O)CC1)C1CCc2ccc(NS(=O)(=O)Cc3ccccc3)cc2C1. The summed E-state index contributed by atoms with van der Waals surface area (Å²) in [7, 11) is -3.48. The maximum absolute atomic E-state index is 12.7. The molecule has 0 saturated carbocycles. The molecule has 2 N–H and O–H groups in total. The first kappa shape index (κ1) is 24.5. The van der Waals surface area contributed by atoms with E-state index < -0.39 is 16.1 Å².